The van der Waals surface area contributed by atoms with Crippen LogP contribution in [0.15, 0.2) is 0 Å². The lowest BCUT2D eigenvalue weighted by atomic mass is 9.95. The quantitative estimate of drug-likeness (QED) is 0.400. The standard InChI is InChI=1S/C20H32N4O6/c1-4-5-11-20(3)17(27)24(19(29)23-20)12-15(25)30-13(2)16(26)22-18(28)21-14-9-7-6-8-10-14/h13-14H,4-12H2,1-3H3,(H,23,29)(H2,21,22,26,28)/t13-,20-/m0/s1. The summed E-state index contributed by atoms with van der Waals surface area (Å²) in [4.78, 5) is 61.6. The van der Waals surface area contributed by atoms with Gasteiger partial charge in [0.05, 0.1) is 0 Å². The number of imide groups is 2. The first-order valence-electron chi connectivity index (χ1n) is 10.6. The highest BCUT2D eigenvalue weighted by Crippen LogP contribution is 2.23. The molecule has 1 aliphatic heterocycles. The summed E-state index contributed by atoms with van der Waals surface area (Å²) in [5.74, 6) is -2.18. The smallest absolute Gasteiger partial charge is 0.327 e. The van der Waals surface area contributed by atoms with E-state index < -0.39 is 48.0 Å². The molecule has 1 saturated heterocycles. The van der Waals surface area contributed by atoms with Crippen molar-refractivity contribution in [3.63, 3.8) is 0 Å². The van der Waals surface area contributed by atoms with Crippen LogP contribution in [0.1, 0.15) is 72.1 Å². The average molecular weight is 424 g/mol. The summed E-state index contributed by atoms with van der Waals surface area (Å²) >= 11 is 0. The van der Waals surface area contributed by atoms with E-state index in [1.807, 2.05) is 6.92 Å². The lowest BCUT2D eigenvalue weighted by Gasteiger charge is -2.23. The SMILES string of the molecule is CCCC[C@]1(C)NC(=O)N(CC(=O)O[C@@H](C)C(=O)NC(=O)NC2CCCCC2)C1=O. The predicted octanol–water partition coefficient (Wildman–Crippen LogP) is 1.58. The molecule has 2 atom stereocenters. The highest BCUT2D eigenvalue weighted by molar-refractivity contribution is 6.08. The Morgan fingerprint density at radius 1 is 1.23 bits per heavy atom. The van der Waals surface area contributed by atoms with Crippen LogP contribution < -0.4 is 16.0 Å². The van der Waals surface area contributed by atoms with E-state index in [9.17, 15) is 24.0 Å². The first kappa shape index (κ1) is 23.6. The van der Waals surface area contributed by atoms with Crippen LogP contribution in [0, 0.1) is 0 Å². The molecule has 2 fully saturated rings. The monoisotopic (exact) mass is 424 g/mol. The number of nitrogens with one attached hydrogen (secondary N) is 3. The van der Waals surface area contributed by atoms with Crippen molar-refractivity contribution in [2.45, 2.75) is 89.8 Å². The van der Waals surface area contributed by atoms with Crippen LogP contribution in [0.4, 0.5) is 9.59 Å². The molecule has 3 N–H and O–H groups in total. The van der Waals surface area contributed by atoms with E-state index in [-0.39, 0.29) is 6.04 Å². The van der Waals surface area contributed by atoms with Crippen LogP contribution in [-0.4, -0.2) is 59.0 Å². The molecule has 1 saturated carbocycles. The second-order valence-corrected chi connectivity index (χ2v) is 8.19. The van der Waals surface area contributed by atoms with Gasteiger partial charge in [-0.25, -0.2) is 9.59 Å². The van der Waals surface area contributed by atoms with Crippen molar-refractivity contribution in [1.29, 1.82) is 0 Å². The number of unbranched alkanes of at least 4 members (excludes halogenated alkanes) is 1. The summed E-state index contributed by atoms with van der Waals surface area (Å²) in [5.41, 5.74) is -1.05. The van der Waals surface area contributed by atoms with Crippen molar-refractivity contribution in [3.8, 4) is 0 Å². The van der Waals surface area contributed by atoms with Gasteiger partial charge >= 0.3 is 18.0 Å². The second-order valence-electron chi connectivity index (χ2n) is 8.19. The van der Waals surface area contributed by atoms with Gasteiger partial charge in [0.1, 0.15) is 12.1 Å². The average Bonchev–Trinajstić information content (AvgIpc) is 2.90. The minimum Gasteiger partial charge on any atom is -0.451 e. The fourth-order valence-electron chi connectivity index (χ4n) is 3.69. The topological polar surface area (TPSA) is 134 Å². The number of ether oxygens (including phenoxy) is 1. The van der Waals surface area contributed by atoms with Gasteiger partial charge in [0.2, 0.25) is 0 Å². The number of carbonyl (C=O) groups excluding carboxylic acids is 5. The molecule has 168 valence electrons. The Bertz CT molecular complexity index is 691. The van der Waals surface area contributed by atoms with E-state index in [0.29, 0.717) is 6.42 Å². The highest BCUT2D eigenvalue weighted by atomic mass is 16.5. The van der Waals surface area contributed by atoms with E-state index in [0.717, 1.165) is 49.8 Å². The van der Waals surface area contributed by atoms with Gasteiger partial charge in [-0.2, -0.15) is 0 Å². The molecule has 0 aromatic rings. The Morgan fingerprint density at radius 3 is 2.53 bits per heavy atom. The lowest BCUT2D eigenvalue weighted by Crippen LogP contribution is -2.49. The van der Waals surface area contributed by atoms with Gasteiger partial charge in [-0.1, -0.05) is 39.0 Å². The zero-order valence-corrected chi connectivity index (χ0v) is 17.9. The van der Waals surface area contributed by atoms with Crippen molar-refractivity contribution >= 4 is 29.8 Å². The third kappa shape index (κ3) is 6.17. The number of amides is 6. The summed E-state index contributed by atoms with van der Waals surface area (Å²) in [5, 5.41) is 7.50. The molecule has 0 aromatic heterocycles. The fourth-order valence-corrected chi connectivity index (χ4v) is 3.69. The molecule has 0 radical (unpaired) electrons. The molecule has 1 heterocycles. The summed E-state index contributed by atoms with van der Waals surface area (Å²) in [7, 11) is 0. The number of urea groups is 2. The van der Waals surface area contributed by atoms with E-state index in [1.54, 1.807) is 6.92 Å². The number of rotatable bonds is 8. The molecule has 2 aliphatic rings. The van der Waals surface area contributed by atoms with E-state index in [4.69, 9.17) is 4.74 Å². The minimum atomic E-state index is -1.25. The minimum absolute atomic E-state index is 0.0334. The molecule has 1 aliphatic carbocycles. The Labute approximate surface area is 176 Å². The van der Waals surface area contributed by atoms with Gasteiger partial charge in [-0.15, -0.1) is 0 Å². The largest absolute Gasteiger partial charge is 0.451 e. The molecule has 10 heteroatoms. The maximum absolute atomic E-state index is 12.5. The zero-order chi connectivity index (χ0) is 22.3. The fraction of sp³-hybridized carbons (Fsp3) is 0.750. The van der Waals surface area contributed by atoms with Crippen LogP contribution in [0.3, 0.4) is 0 Å². The Kier molecular flexibility index (Phi) is 8.19. The predicted molar refractivity (Wildman–Crippen MR) is 107 cm³/mol. The Hall–Kier alpha value is -2.65. The molecular weight excluding hydrogens is 392 g/mol. The van der Waals surface area contributed by atoms with Crippen LogP contribution in [0.25, 0.3) is 0 Å². The number of nitrogens with zero attached hydrogens (tertiary/aromatic N) is 1. The van der Waals surface area contributed by atoms with Crippen molar-refractivity contribution in [3.05, 3.63) is 0 Å². The van der Waals surface area contributed by atoms with Gasteiger partial charge in [-0.05, 0) is 33.1 Å². The van der Waals surface area contributed by atoms with Crippen LogP contribution in [0.2, 0.25) is 0 Å². The molecule has 2 rings (SSSR count). The van der Waals surface area contributed by atoms with Gasteiger partial charge in [0.25, 0.3) is 11.8 Å². The third-order valence-electron chi connectivity index (χ3n) is 5.52. The first-order valence-corrected chi connectivity index (χ1v) is 10.6. The number of hydrogen-bond donors (Lipinski definition) is 3. The summed E-state index contributed by atoms with van der Waals surface area (Å²) in [6, 6.07) is -1.26. The Morgan fingerprint density at radius 2 is 1.90 bits per heavy atom. The first-order chi connectivity index (χ1) is 14.2. The van der Waals surface area contributed by atoms with Crippen LogP contribution in [-0.2, 0) is 19.1 Å². The van der Waals surface area contributed by atoms with E-state index in [2.05, 4.69) is 16.0 Å². The van der Waals surface area contributed by atoms with Crippen molar-refractivity contribution in [2.24, 2.45) is 0 Å². The number of carbonyl (C=O) groups is 5. The number of esters is 1. The Balaban J connectivity index is 1.80. The molecule has 0 aromatic carbocycles. The maximum atomic E-state index is 12.5. The highest BCUT2D eigenvalue weighted by Gasteiger charge is 2.48. The third-order valence-corrected chi connectivity index (χ3v) is 5.52. The zero-order valence-electron chi connectivity index (χ0n) is 17.9. The van der Waals surface area contributed by atoms with E-state index >= 15 is 0 Å². The molecule has 6 amide bonds. The van der Waals surface area contributed by atoms with Crippen molar-refractivity contribution in [2.75, 3.05) is 6.54 Å². The lowest BCUT2D eigenvalue weighted by molar-refractivity contribution is -0.156. The second kappa shape index (κ2) is 10.4. The summed E-state index contributed by atoms with van der Waals surface area (Å²) in [6.45, 7) is 4.31. The van der Waals surface area contributed by atoms with Gasteiger partial charge < -0.3 is 15.4 Å². The van der Waals surface area contributed by atoms with Crippen LogP contribution in [0.5, 0.6) is 0 Å². The summed E-state index contributed by atoms with van der Waals surface area (Å²) < 4.78 is 5.01. The van der Waals surface area contributed by atoms with Crippen molar-refractivity contribution in [1.82, 2.24) is 20.9 Å². The summed E-state index contributed by atoms with van der Waals surface area (Å²) in [6.07, 6.45) is 5.78. The molecule has 0 unspecified atom stereocenters. The van der Waals surface area contributed by atoms with Crippen LogP contribution >= 0.6 is 0 Å². The van der Waals surface area contributed by atoms with Gasteiger partial charge in [-0.3, -0.25) is 24.6 Å². The normalized spacial score (nSPS) is 23.0. The van der Waals surface area contributed by atoms with E-state index in [1.165, 1.54) is 6.92 Å². The number of hydrogen-bond acceptors (Lipinski definition) is 6. The molecule has 0 bridgehead atoms. The molecule has 0 spiro atoms. The van der Waals surface area contributed by atoms with Gasteiger partial charge in [0.15, 0.2) is 6.10 Å². The van der Waals surface area contributed by atoms with Gasteiger partial charge in [0, 0.05) is 6.04 Å². The van der Waals surface area contributed by atoms with Crippen molar-refractivity contribution < 1.29 is 28.7 Å². The maximum Gasteiger partial charge on any atom is 0.327 e. The molecule has 30 heavy (non-hydrogen) atoms. The molecular formula is C20H32N4O6. The molecule has 10 nitrogen and oxygen atoms in total.